The predicted octanol–water partition coefficient (Wildman–Crippen LogP) is 3.15. The number of alkyl halides is 1. The monoisotopic (exact) mass is 160 g/mol. The molecule has 0 aliphatic heterocycles. The normalized spacial score (nSPS) is 34.5. The lowest BCUT2D eigenvalue weighted by Gasteiger charge is -2.14. The van der Waals surface area contributed by atoms with E-state index in [4.69, 9.17) is 11.6 Å². The fourth-order valence-corrected chi connectivity index (χ4v) is 1.94. The van der Waals surface area contributed by atoms with Gasteiger partial charge in [0.25, 0.3) is 0 Å². The first-order valence-corrected chi connectivity index (χ1v) is 4.76. The Kier molecular flexibility index (Phi) is 2.62. The highest BCUT2D eigenvalue weighted by molar-refractivity contribution is 6.18. The topological polar surface area (TPSA) is 0 Å². The Morgan fingerprint density at radius 1 is 1.40 bits per heavy atom. The van der Waals surface area contributed by atoms with Crippen LogP contribution in [0, 0.1) is 23.7 Å². The van der Waals surface area contributed by atoms with E-state index in [9.17, 15) is 0 Å². The summed E-state index contributed by atoms with van der Waals surface area (Å²) in [5.74, 6) is 4.38. The van der Waals surface area contributed by atoms with Gasteiger partial charge in [0.2, 0.25) is 0 Å². The van der Waals surface area contributed by atoms with Crippen LogP contribution in [0.5, 0.6) is 0 Å². The molecule has 0 N–H and O–H groups in total. The molecule has 0 aromatic heterocycles. The summed E-state index contributed by atoms with van der Waals surface area (Å²) in [6, 6.07) is 0. The summed E-state index contributed by atoms with van der Waals surface area (Å²) in [6.45, 7) is 6.95. The average molecular weight is 161 g/mol. The molecule has 0 amide bonds. The van der Waals surface area contributed by atoms with Crippen LogP contribution in [-0.4, -0.2) is 5.88 Å². The van der Waals surface area contributed by atoms with Crippen LogP contribution in [0.3, 0.4) is 0 Å². The SMILES string of the molecule is CC(C)C(C)C1CC1CCl. The predicted molar refractivity (Wildman–Crippen MR) is 46.3 cm³/mol. The minimum Gasteiger partial charge on any atom is -0.126 e. The van der Waals surface area contributed by atoms with Gasteiger partial charge in [-0.05, 0) is 30.1 Å². The molecule has 0 aromatic carbocycles. The van der Waals surface area contributed by atoms with Crippen LogP contribution < -0.4 is 0 Å². The highest BCUT2D eigenvalue weighted by Gasteiger charge is 2.40. The first-order chi connectivity index (χ1) is 4.66. The highest BCUT2D eigenvalue weighted by atomic mass is 35.5. The van der Waals surface area contributed by atoms with Crippen molar-refractivity contribution in [3.05, 3.63) is 0 Å². The van der Waals surface area contributed by atoms with E-state index >= 15 is 0 Å². The zero-order valence-corrected chi connectivity index (χ0v) is 7.86. The molecule has 1 heteroatoms. The number of hydrogen-bond acceptors (Lipinski definition) is 0. The third-order valence-electron chi connectivity index (χ3n) is 2.90. The van der Waals surface area contributed by atoms with E-state index in [0.717, 1.165) is 29.6 Å². The van der Waals surface area contributed by atoms with Gasteiger partial charge in [-0.25, -0.2) is 0 Å². The minimum absolute atomic E-state index is 0.832. The molecule has 0 aromatic rings. The van der Waals surface area contributed by atoms with E-state index < -0.39 is 0 Å². The standard InChI is InChI=1S/C9H17Cl/c1-6(2)7(3)9-4-8(9)5-10/h6-9H,4-5H2,1-3H3. The molecule has 3 unspecified atom stereocenters. The fourth-order valence-electron chi connectivity index (χ4n) is 1.59. The van der Waals surface area contributed by atoms with Gasteiger partial charge in [0.05, 0.1) is 0 Å². The molecule has 0 nitrogen and oxygen atoms in total. The first kappa shape index (κ1) is 8.39. The molecule has 60 valence electrons. The zero-order chi connectivity index (χ0) is 7.72. The summed E-state index contributed by atoms with van der Waals surface area (Å²) < 4.78 is 0. The van der Waals surface area contributed by atoms with Crippen molar-refractivity contribution >= 4 is 11.6 Å². The van der Waals surface area contributed by atoms with Gasteiger partial charge in [0.1, 0.15) is 0 Å². The lowest BCUT2D eigenvalue weighted by Crippen LogP contribution is -2.07. The van der Waals surface area contributed by atoms with E-state index in [1.807, 2.05) is 0 Å². The van der Waals surface area contributed by atoms with Crippen molar-refractivity contribution in [1.29, 1.82) is 0 Å². The van der Waals surface area contributed by atoms with Gasteiger partial charge in [-0.2, -0.15) is 0 Å². The van der Waals surface area contributed by atoms with Gasteiger partial charge in [0, 0.05) is 5.88 Å². The van der Waals surface area contributed by atoms with Crippen LogP contribution in [0.25, 0.3) is 0 Å². The molecule has 0 bridgehead atoms. The van der Waals surface area contributed by atoms with E-state index in [0.29, 0.717) is 0 Å². The summed E-state index contributed by atoms with van der Waals surface area (Å²) >= 11 is 5.74. The lowest BCUT2D eigenvalue weighted by molar-refractivity contribution is 0.359. The molecule has 1 fully saturated rings. The smallest absolute Gasteiger partial charge is 0.0254 e. The summed E-state index contributed by atoms with van der Waals surface area (Å²) in [7, 11) is 0. The number of halogens is 1. The second-order valence-electron chi connectivity index (χ2n) is 3.92. The van der Waals surface area contributed by atoms with Crippen molar-refractivity contribution < 1.29 is 0 Å². The second kappa shape index (κ2) is 3.13. The van der Waals surface area contributed by atoms with Crippen molar-refractivity contribution in [2.24, 2.45) is 23.7 Å². The van der Waals surface area contributed by atoms with E-state index in [-0.39, 0.29) is 0 Å². The average Bonchev–Trinajstić information content (AvgIpc) is 2.64. The maximum absolute atomic E-state index is 5.74. The van der Waals surface area contributed by atoms with Crippen molar-refractivity contribution in [2.75, 3.05) is 5.88 Å². The molecule has 3 atom stereocenters. The molecule has 0 heterocycles. The summed E-state index contributed by atoms with van der Waals surface area (Å²) in [6.07, 6.45) is 1.38. The molecule has 1 aliphatic carbocycles. The van der Waals surface area contributed by atoms with Crippen LogP contribution in [0.1, 0.15) is 27.2 Å². The quantitative estimate of drug-likeness (QED) is 0.557. The second-order valence-corrected chi connectivity index (χ2v) is 4.23. The molecule has 0 radical (unpaired) electrons. The maximum atomic E-state index is 5.74. The lowest BCUT2D eigenvalue weighted by atomic mass is 9.92. The Hall–Kier alpha value is 0.290. The Morgan fingerprint density at radius 2 is 2.00 bits per heavy atom. The zero-order valence-electron chi connectivity index (χ0n) is 7.10. The molecule has 1 saturated carbocycles. The van der Waals surface area contributed by atoms with Gasteiger partial charge in [-0.15, -0.1) is 11.6 Å². The van der Waals surface area contributed by atoms with E-state index in [1.165, 1.54) is 6.42 Å². The van der Waals surface area contributed by atoms with Crippen molar-refractivity contribution in [1.82, 2.24) is 0 Å². The number of rotatable bonds is 3. The van der Waals surface area contributed by atoms with Crippen LogP contribution in [-0.2, 0) is 0 Å². The van der Waals surface area contributed by atoms with Crippen molar-refractivity contribution in [2.45, 2.75) is 27.2 Å². The maximum Gasteiger partial charge on any atom is 0.0254 e. The van der Waals surface area contributed by atoms with E-state index in [1.54, 1.807) is 0 Å². The Balaban J connectivity index is 2.25. The Labute approximate surface area is 69.0 Å². The minimum atomic E-state index is 0.832. The molecule has 1 rings (SSSR count). The summed E-state index contributed by atoms with van der Waals surface area (Å²) in [5.41, 5.74) is 0. The van der Waals surface area contributed by atoms with Crippen LogP contribution in [0.2, 0.25) is 0 Å². The summed E-state index contributed by atoms with van der Waals surface area (Å²) in [5, 5.41) is 0. The fraction of sp³-hybridized carbons (Fsp3) is 1.00. The van der Waals surface area contributed by atoms with Crippen LogP contribution in [0.15, 0.2) is 0 Å². The van der Waals surface area contributed by atoms with Crippen LogP contribution in [0.4, 0.5) is 0 Å². The molecule has 1 aliphatic rings. The molecule has 0 saturated heterocycles. The van der Waals surface area contributed by atoms with Crippen molar-refractivity contribution in [3.8, 4) is 0 Å². The molecular weight excluding hydrogens is 144 g/mol. The Morgan fingerprint density at radius 3 is 2.30 bits per heavy atom. The third-order valence-corrected chi connectivity index (χ3v) is 3.30. The first-order valence-electron chi connectivity index (χ1n) is 4.22. The molecule has 10 heavy (non-hydrogen) atoms. The van der Waals surface area contributed by atoms with Gasteiger partial charge >= 0.3 is 0 Å². The van der Waals surface area contributed by atoms with Crippen molar-refractivity contribution in [3.63, 3.8) is 0 Å². The highest BCUT2D eigenvalue weighted by Crippen LogP contribution is 2.47. The third kappa shape index (κ3) is 1.66. The molecular formula is C9H17Cl. The van der Waals surface area contributed by atoms with Gasteiger partial charge in [-0.3, -0.25) is 0 Å². The molecule has 0 spiro atoms. The van der Waals surface area contributed by atoms with Gasteiger partial charge in [0.15, 0.2) is 0 Å². The van der Waals surface area contributed by atoms with Crippen LogP contribution >= 0.6 is 11.6 Å². The summed E-state index contributed by atoms with van der Waals surface area (Å²) in [4.78, 5) is 0. The van der Waals surface area contributed by atoms with Gasteiger partial charge < -0.3 is 0 Å². The Bertz CT molecular complexity index is 109. The van der Waals surface area contributed by atoms with E-state index in [2.05, 4.69) is 20.8 Å². The largest absolute Gasteiger partial charge is 0.126 e. The van der Waals surface area contributed by atoms with Gasteiger partial charge in [-0.1, -0.05) is 20.8 Å². The number of hydrogen-bond donors (Lipinski definition) is 0.